The molecular weight excluding hydrogens is 268 g/mol. The zero-order valence-electron chi connectivity index (χ0n) is 12.3. The minimum Gasteiger partial charge on any atom is -0.289 e. The van der Waals surface area contributed by atoms with Crippen molar-refractivity contribution >= 4 is 22.6 Å². The number of benzene rings is 3. The van der Waals surface area contributed by atoms with Crippen LogP contribution in [-0.2, 0) is 6.42 Å². The van der Waals surface area contributed by atoms with Crippen LogP contribution >= 0.6 is 0 Å². The summed E-state index contributed by atoms with van der Waals surface area (Å²) >= 11 is 0. The van der Waals surface area contributed by atoms with Gasteiger partial charge in [-0.3, -0.25) is 4.79 Å². The van der Waals surface area contributed by atoms with Crippen LogP contribution in [0.15, 0.2) is 72.3 Å². The number of aryl methyl sites for hydroxylation is 1. The van der Waals surface area contributed by atoms with Crippen molar-refractivity contribution in [2.75, 3.05) is 0 Å². The molecule has 106 valence electrons. The summed E-state index contributed by atoms with van der Waals surface area (Å²) in [6.45, 7) is 0. The molecule has 0 aromatic heterocycles. The van der Waals surface area contributed by atoms with Gasteiger partial charge in [-0.25, -0.2) is 0 Å². The third kappa shape index (κ3) is 2.15. The van der Waals surface area contributed by atoms with Crippen molar-refractivity contribution in [1.29, 1.82) is 0 Å². The van der Waals surface area contributed by atoms with Crippen molar-refractivity contribution in [2.45, 2.75) is 12.8 Å². The summed E-state index contributed by atoms with van der Waals surface area (Å²) in [5.74, 6) is 0.176. The van der Waals surface area contributed by atoms with Crippen molar-refractivity contribution in [3.8, 4) is 0 Å². The Kier molecular flexibility index (Phi) is 3.12. The molecule has 0 atom stereocenters. The molecule has 0 aliphatic heterocycles. The summed E-state index contributed by atoms with van der Waals surface area (Å²) < 4.78 is 0. The number of Topliss-reactive ketones (excluding diaryl/α,β-unsaturated/α-hetero) is 1. The molecule has 0 fully saturated rings. The highest BCUT2D eigenvalue weighted by Crippen LogP contribution is 2.28. The molecule has 0 amide bonds. The maximum atomic E-state index is 12.7. The predicted octanol–water partition coefficient (Wildman–Crippen LogP) is 5.05. The van der Waals surface area contributed by atoms with Gasteiger partial charge in [0.05, 0.1) is 0 Å². The summed E-state index contributed by atoms with van der Waals surface area (Å²) in [5, 5.41) is 2.41. The fraction of sp³-hybridized carbons (Fsp3) is 0.0952. The van der Waals surface area contributed by atoms with E-state index in [0.717, 1.165) is 29.5 Å². The van der Waals surface area contributed by atoms with Crippen molar-refractivity contribution in [3.63, 3.8) is 0 Å². The van der Waals surface area contributed by atoms with E-state index in [0.29, 0.717) is 0 Å². The lowest BCUT2D eigenvalue weighted by Gasteiger charge is -2.17. The van der Waals surface area contributed by atoms with Crippen molar-refractivity contribution in [1.82, 2.24) is 0 Å². The molecule has 1 aliphatic rings. The van der Waals surface area contributed by atoms with E-state index in [9.17, 15) is 4.79 Å². The normalized spacial score (nSPS) is 16.0. The summed E-state index contributed by atoms with van der Waals surface area (Å²) in [6.07, 6.45) is 3.83. The standard InChI is InChI=1S/C21H16O/c22-21-18(13-12-16-7-2-4-11-20(16)21)14-17-9-5-8-15-6-1-3-10-19(15)17/h1-11,14H,12-13H2/b18-14+. The van der Waals surface area contributed by atoms with E-state index in [1.54, 1.807) is 0 Å². The van der Waals surface area contributed by atoms with E-state index in [1.807, 2.05) is 30.3 Å². The lowest BCUT2D eigenvalue weighted by Crippen LogP contribution is -2.13. The molecule has 4 rings (SSSR count). The molecule has 0 saturated heterocycles. The molecule has 0 N–H and O–H groups in total. The van der Waals surface area contributed by atoms with Gasteiger partial charge in [0.1, 0.15) is 0 Å². The van der Waals surface area contributed by atoms with E-state index in [4.69, 9.17) is 0 Å². The van der Waals surface area contributed by atoms with Gasteiger partial charge in [0.25, 0.3) is 0 Å². The Hall–Kier alpha value is -2.67. The summed E-state index contributed by atoms with van der Waals surface area (Å²) in [6, 6.07) is 22.5. The molecule has 22 heavy (non-hydrogen) atoms. The van der Waals surface area contributed by atoms with Gasteiger partial charge in [-0.1, -0.05) is 66.7 Å². The van der Waals surface area contributed by atoms with Gasteiger partial charge in [-0.15, -0.1) is 0 Å². The van der Waals surface area contributed by atoms with Crippen LogP contribution in [0.25, 0.3) is 16.8 Å². The number of carbonyl (C=O) groups is 1. The highest BCUT2D eigenvalue weighted by Gasteiger charge is 2.21. The van der Waals surface area contributed by atoms with E-state index in [2.05, 4.69) is 42.5 Å². The lowest BCUT2D eigenvalue weighted by molar-refractivity contribution is 0.102. The number of allylic oxidation sites excluding steroid dienone is 1. The maximum absolute atomic E-state index is 12.7. The van der Waals surface area contributed by atoms with Gasteiger partial charge >= 0.3 is 0 Å². The van der Waals surface area contributed by atoms with Crippen LogP contribution in [0.1, 0.15) is 27.9 Å². The number of fused-ring (bicyclic) bond motifs is 2. The number of hydrogen-bond donors (Lipinski definition) is 0. The fourth-order valence-corrected chi connectivity index (χ4v) is 3.22. The minimum absolute atomic E-state index is 0.176. The van der Waals surface area contributed by atoms with E-state index in [1.165, 1.54) is 16.3 Å². The van der Waals surface area contributed by atoms with Crippen LogP contribution in [0.3, 0.4) is 0 Å². The van der Waals surface area contributed by atoms with Crippen LogP contribution in [0.5, 0.6) is 0 Å². The fourth-order valence-electron chi connectivity index (χ4n) is 3.22. The largest absolute Gasteiger partial charge is 0.289 e. The molecule has 1 nitrogen and oxygen atoms in total. The summed E-state index contributed by atoms with van der Waals surface area (Å²) in [7, 11) is 0. The lowest BCUT2D eigenvalue weighted by atomic mass is 9.86. The molecule has 1 heteroatoms. The zero-order valence-corrected chi connectivity index (χ0v) is 12.3. The number of rotatable bonds is 1. The Balaban J connectivity index is 1.82. The Morgan fingerprint density at radius 2 is 1.55 bits per heavy atom. The molecule has 0 heterocycles. The first-order chi connectivity index (χ1) is 10.8. The monoisotopic (exact) mass is 284 g/mol. The number of ketones is 1. The zero-order chi connectivity index (χ0) is 14.9. The van der Waals surface area contributed by atoms with Gasteiger partial charge in [0.2, 0.25) is 0 Å². The number of carbonyl (C=O) groups excluding carboxylic acids is 1. The second-order valence-electron chi connectivity index (χ2n) is 5.72. The summed E-state index contributed by atoms with van der Waals surface area (Å²) in [4.78, 5) is 12.7. The van der Waals surface area contributed by atoms with Crippen LogP contribution < -0.4 is 0 Å². The predicted molar refractivity (Wildman–Crippen MR) is 91.0 cm³/mol. The first-order valence-electron chi connectivity index (χ1n) is 7.64. The average Bonchev–Trinajstić information content (AvgIpc) is 2.58. The van der Waals surface area contributed by atoms with Gasteiger partial charge in [-0.2, -0.15) is 0 Å². The van der Waals surface area contributed by atoms with Crippen LogP contribution in [-0.4, -0.2) is 5.78 Å². The van der Waals surface area contributed by atoms with Gasteiger partial charge < -0.3 is 0 Å². The van der Waals surface area contributed by atoms with Crippen molar-refractivity contribution in [3.05, 3.63) is 89.0 Å². The molecule has 0 unspecified atom stereocenters. The second kappa shape index (κ2) is 5.27. The van der Waals surface area contributed by atoms with E-state index in [-0.39, 0.29) is 5.78 Å². The molecular formula is C21H16O. The molecule has 0 bridgehead atoms. The van der Waals surface area contributed by atoms with E-state index >= 15 is 0 Å². The Bertz CT molecular complexity index is 897. The van der Waals surface area contributed by atoms with Crippen molar-refractivity contribution < 1.29 is 4.79 Å². The van der Waals surface area contributed by atoms with Gasteiger partial charge in [0.15, 0.2) is 5.78 Å². The van der Waals surface area contributed by atoms with E-state index < -0.39 is 0 Å². The highest BCUT2D eigenvalue weighted by atomic mass is 16.1. The topological polar surface area (TPSA) is 17.1 Å². The smallest absolute Gasteiger partial charge is 0.189 e. The van der Waals surface area contributed by atoms with Crippen LogP contribution in [0, 0.1) is 0 Å². The summed E-state index contributed by atoms with van der Waals surface area (Å²) in [5.41, 5.74) is 4.07. The third-order valence-corrected chi connectivity index (χ3v) is 4.37. The molecule has 0 spiro atoms. The molecule has 0 radical (unpaired) electrons. The SMILES string of the molecule is O=C1/C(=C/c2cccc3ccccc23)CCc2ccccc21. The second-order valence-corrected chi connectivity index (χ2v) is 5.72. The van der Waals surface area contributed by atoms with Gasteiger partial charge in [0, 0.05) is 11.1 Å². The average molecular weight is 284 g/mol. The first kappa shape index (κ1) is 13.0. The Morgan fingerprint density at radius 3 is 2.50 bits per heavy atom. The quantitative estimate of drug-likeness (QED) is 0.571. The first-order valence-corrected chi connectivity index (χ1v) is 7.64. The number of hydrogen-bond acceptors (Lipinski definition) is 1. The van der Waals surface area contributed by atoms with Crippen molar-refractivity contribution in [2.24, 2.45) is 0 Å². The van der Waals surface area contributed by atoms with Crippen LogP contribution in [0.4, 0.5) is 0 Å². The highest BCUT2D eigenvalue weighted by molar-refractivity contribution is 6.13. The van der Waals surface area contributed by atoms with Crippen LogP contribution in [0.2, 0.25) is 0 Å². The Labute approximate surface area is 129 Å². The molecule has 0 saturated carbocycles. The Morgan fingerprint density at radius 1 is 0.773 bits per heavy atom. The third-order valence-electron chi connectivity index (χ3n) is 4.37. The molecule has 1 aliphatic carbocycles. The maximum Gasteiger partial charge on any atom is 0.189 e. The minimum atomic E-state index is 0.176. The molecule has 3 aromatic rings. The van der Waals surface area contributed by atoms with Gasteiger partial charge in [-0.05, 0) is 40.8 Å². The molecule has 3 aromatic carbocycles.